The summed E-state index contributed by atoms with van der Waals surface area (Å²) in [5.74, 6) is 6.74. The number of hydrogen-bond donors (Lipinski definition) is 2. The minimum Gasteiger partial charge on any atom is -0.354 e. The Labute approximate surface area is 108 Å². The van der Waals surface area contributed by atoms with Crippen molar-refractivity contribution in [3.05, 3.63) is 12.3 Å². The van der Waals surface area contributed by atoms with Crippen LogP contribution in [0.4, 0.5) is 11.8 Å². The number of aromatic nitrogens is 2. The van der Waals surface area contributed by atoms with Crippen molar-refractivity contribution in [1.82, 2.24) is 14.9 Å². The zero-order valence-corrected chi connectivity index (χ0v) is 11.1. The Balaban J connectivity index is 1.96. The number of anilines is 2. The standard InChI is InChI=1S/C12H22N6/c1-3-10(2)17-6-8-18(9-7-17)11-4-5-14-12(15-11)16-13/h4-5,10H,3,6-9,13H2,1-2H3,(H,14,15,16). The SMILES string of the molecule is CCC(C)N1CCN(c2ccnc(NN)n2)CC1. The topological polar surface area (TPSA) is 70.3 Å². The lowest BCUT2D eigenvalue weighted by molar-refractivity contribution is 0.192. The second-order valence-electron chi connectivity index (χ2n) is 4.66. The summed E-state index contributed by atoms with van der Waals surface area (Å²) >= 11 is 0. The minimum atomic E-state index is 0.469. The molecule has 0 spiro atoms. The van der Waals surface area contributed by atoms with Crippen molar-refractivity contribution >= 4 is 11.8 Å². The van der Waals surface area contributed by atoms with E-state index in [1.165, 1.54) is 6.42 Å². The Kier molecular flexibility index (Phi) is 4.33. The molecule has 0 bridgehead atoms. The van der Waals surface area contributed by atoms with Gasteiger partial charge in [-0.3, -0.25) is 10.3 Å². The predicted molar refractivity (Wildman–Crippen MR) is 73.4 cm³/mol. The second-order valence-corrected chi connectivity index (χ2v) is 4.66. The Morgan fingerprint density at radius 2 is 2.11 bits per heavy atom. The van der Waals surface area contributed by atoms with E-state index in [0.717, 1.165) is 32.0 Å². The quantitative estimate of drug-likeness (QED) is 0.605. The van der Waals surface area contributed by atoms with Gasteiger partial charge in [-0.05, 0) is 19.4 Å². The smallest absolute Gasteiger partial charge is 0.239 e. The molecule has 1 saturated heterocycles. The van der Waals surface area contributed by atoms with Crippen LogP contribution in [0.25, 0.3) is 0 Å². The van der Waals surface area contributed by atoms with Crippen LogP contribution in [-0.2, 0) is 0 Å². The molecule has 2 rings (SSSR count). The van der Waals surface area contributed by atoms with Gasteiger partial charge in [-0.2, -0.15) is 4.98 Å². The van der Waals surface area contributed by atoms with Crippen molar-refractivity contribution in [1.29, 1.82) is 0 Å². The number of hydrazine groups is 1. The maximum atomic E-state index is 5.33. The molecule has 1 aliphatic heterocycles. The molecule has 100 valence electrons. The first-order chi connectivity index (χ1) is 8.74. The molecule has 1 aromatic rings. The average molecular weight is 250 g/mol. The van der Waals surface area contributed by atoms with Gasteiger partial charge in [-0.15, -0.1) is 0 Å². The Hall–Kier alpha value is -1.40. The van der Waals surface area contributed by atoms with Gasteiger partial charge in [0.2, 0.25) is 5.95 Å². The number of piperazine rings is 1. The van der Waals surface area contributed by atoms with Gasteiger partial charge < -0.3 is 4.90 Å². The van der Waals surface area contributed by atoms with Gasteiger partial charge in [-0.25, -0.2) is 10.8 Å². The fourth-order valence-corrected chi connectivity index (χ4v) is 2.24. The Bertz CT molecular complexity index is 375. The molecule has 6 nitrogen and oxygen atoms in total. The number of nitrogens with zero attached hydrogens (tertiary/aromatic N) is 4. The molecule has 3 N–H and O–H groups in total. The summed E-state index contributed by atoms with van der Waals surface area (Å²) in [5.41, 5.74) is 2.48. The molecule has 1 atom stereocenters. The van der Waals surface area contributed by atoms with Crippen molar-refractivity contribution in [2.24, 2.45) is 5.84 Å². The van der Waals surface area contributed by atoms with Gasteiger partial charge in [0.25, 0.3) is 0 Å². The third kappa shape index (κ3) is 2.88. The van der Waals surface area contributed by atoms with Crippen molar-refractivity contribution in [2.75, 3.05) is 36.5 Å². The number of nitrogen functional groups attached to an aromatic ring is 1. The number of nitrogens with one attached hydrogen (secondary N) is 1. The summed E-state index contributed by atoms with van der Waals surface area (Å²) < 4.78 is 0. The average Bonchev–Trinajstić information content (AvgIpc) is 2.46. The van der Waals surface area contributed by atoms with Gasteiger partial charge >= 0.3 is 0 Å². The van der Waals surface area contributed by atoms with Crippen molar-refractivity contribution in [2.45, 2.75) is 26.3 Å². The normalized spacial score (nSPS) is 18.7. The number of rotatable bonds is 4. The Morgan fingerprint density at radius 1 is 1.39 bits per heavy atom. The van der Waals surface area contributed by atoms with Gasteiger partial charge in [0, 0.05) is 38.4 Å². The van der Waals surface area contributed by atoms with Crippen LogP contribution in [0.2, 0.25) is 0 Å². The van der Waals surface area contributed by atoms with Crippen LogP contribution < -0.4 is 16.2 Å². The fraction of sp³-hybridized carbons (Fsp3) is 0.667. The molecule has 18 heavy (non-hydrogen) atoms. The summed E-state index contributed by atoms with van der Waals surface area (Å²) in [6.45, 7) is 8.71. The van der Waals surface area contributed by atoms with Crippen molar-refractivity contribution in [3.8, 4) is 0 Å². The van der Waals surface area contributed by atoms with Crippen LogP contribution in [0.1, 0.15) is 20.3 Å². The first-order valence-electron chi connectivity index (χ1n) is 6.53. The zero-order valence-electron chi connectivity index (χ0n) is 11.1. The molecule has 1 aromatic heterocycles. The van der Waals surface area contributed by atoms with Crippen LogP contribution in [0.15, 0.2) is 12.3 Å². The second kappa shape index (κ2) is 5.97. The van der Waals surface area contributed by atoms with E-state index < -0.39 is 0 Å². The van der Waals surface area contributed by atoms with Gasteiger partial charge in [-0.1, -0.05) is 6.92 Å². The number of hydrogen-bond acceptors (Lipinski definition) is 6. The van der Waals surface area contributed by atoms with E-state index in [2.05, 4.69) is 39.0 Å². The van der Waals surface area contributed by atoms with Crippen LogP contribution in [-0.4, -0.2) is 47.1 Å². The third-order valence-electron chi connectivity index (χ3n) is 3.62. The first kappa shape index (κ1) is 13.0. The molecule has 0 amide bonds. The first-order valence-corrected chi connectivity index (χ1v) is 6.53. The van der Waals surface area contributed by atoms with Crippen LogP contribution in [0.5, 0.6) is 0 Å². The predicted octanol–water partition coefficient (Wildman–Crippen LogP) is 0.683. The zero-order chi connectivity index (χ0) is 13.0. The highest BCUT2D eigenvalue weighted by atomic mass is 15.3. The summed E-state index contributed by atoms with van der Waals surface area (Å²) in [7, 11) is 0. The van der Waals surface area contributed by atoms with E-state index in [-0.39, 0.29) is 0 Å². The highest BCUT2D eigenvalue weighted by molar-refractivity contribution is 5.42. The monoisotopic (exact) mass is 250 g/mol. The van der Waals surface area contributed by atoms with E-state index in [9.17, 15) is 0 Å². The van der Waals surface area contributed by atoms with Crippen LogP contribution in [0.3, 0.4) is 0 Å². The van der Waals surface area contributed by atoms with E-state index in [1.54, 1.807) is 6.20 Å². The highest BCUT2D eigenvalue weighted by Gasteiger charge is 2.20. The lowest BCUT2D eigenvalue weighted by atomic mass is 10.2. The molecular weight excluding hydrogens is 228 g/mol. The molecule has 0 saturated carbocycles. The van der Waals surface area contributed by atoms with E-state index in [0.29, 0.717) is 12.0 Å². The molecule has 1 unspecified atom stereocenters. The summed E-state index contributed by atoms with van der Waals surface area (Å²) in [6.07, 6.45) is 2.94. The molecule has 0 radical (unpaired) electrons. The lowest BCUT2D eigenvalue weighted by Crippen LogP contribution is -2.49. The lowest BCUT2D eigenvalue weighted by Gasteiger charge is -2.38. The summed E-state index contributed by atoms with van der Waals surface area (Å²) in [5, 5.41) is 0. The third-order valence-corrected chi connectivity index (χ3v) is 3.62. The molecule has 0 aliphatic carbocycles. The molecular formula is C12H22N6. The van der Waals surface area contributed by atoms with Crippen LogP contribution in [0, 0.1) is 0 Å². The van der Waals surface area contributed by atoms with Gasteiger partial charge in [0.1, 0.15) is 5.82 Å². The summed E-state index contributed by atoms with van der Waals surface area (Å²) in [6, 6.07) is 2.60. The summed E-state index contributed by atoms with van der Waals surface area (Å²) in [4.78, 5) is 13.2. The van der Waals surface area contributed by atoms with E-state index >= 15 is 0 Å². The maximum Gasteiger partial charge on any atom is 0.239 e. The number of nitrogens with two attached hydrogens (primary N) is 1. The van der Waals surface area contributed by atoms with Crippen molar-refractivity contribution < 1.29 is 0 Å². The molecule has 2 heterocycles. The largest absolute Gasteiger partial charge is 0.354 e. The molecule has 0 aromatic carbocycles. The van der Waals surface area contributed by atoms with E-state index in [4.69, 9.17) is 5.84 Å². The van der Waals surface area contributed by atoms with E-state index in [1.807, 2.05) is 6.07 Å². The van der Waals surface area contributed by atoms with Crippen molar-refractivity contribution in [3.63, 3.8) is 0 Å². The van der Waals surface area contributed by atoms with Gasteiger partial charge in [0.05, 0.1) is 0 Å². The maximum absolute atomic E-state index is 5.33. The molecule has 1 aliphatic rings. The van der Waals surface area contributed by atoms with Crippen LogP contribution >= 0.6 is 0 Å². The highest BCUT2D eigenvalue weighted by Crippen LogP contribution is 2.16. The molecule has 1 fully saturated rings. The van der Waals surface area contributed by atoms with Gasteiger partial charge in [0.15, 0.2) is 0 Å². The minimum absolute atomic E-state index is 0.469. The fourth-order valence-electron chi connectivity index (χ4n) is 2.24. The molecule has 6 heteroatoms. The Morgan fingerprint density at radius 3 is 2.72 bits per heavy atom.